The van der Waals surface area contributed by atoms with Crippen LogP contribution < -0.4 is 4.90 Å². The summed E-state index contributed by atoms with van der Waals surface area (Å²) in [6.07, 6.45) is 1.49. The van der Waals surface area contributed by atoms with E-state index < -0.39 is 0 Å². The van der Waals surface area contributed by atoms with Crippen LogP contribution in [0.1, 0.15) is 28.8 Å². The molecule has 1 amide bonds. The molecule has 0 unspecified atom stereocenters. The summed E-state index contributed by atoms with van der Waals surface area (Å²) in [7, 11) is 0. The Morgan fingerprint density at radius 2 is 1.84 bits per heavy atom. The molecule has 0 saturated carbocycles. The van der Waals surface area contributed by atoms with E-state index >= 15 is 0 Å². The van der Waals surface area contributed by atoms with Gasteiger partial charge in [-0.1, -0.05) is 17.7 Å². The predicted octanol–water partition coefficient (Wildman–Crippen LogP) is 4.07. The Morgan fingerprint density at radius 1 is 1.12 bits per heavy atom. The van der Waals surface area contributed by atoms with Crippen LogP contribution in [0.2, 0.25) is 0 Å². The van der Waals surface area contributed by atoms with Gasteiger partial charge in [0, 0.05) is 29.3 Å². The molecular weight excluding hydrogens is 334 g/mol. The minimum absolute atomic E-state index is 0.142. The summed E-state index contributed by atoms with van der Waals surface area (Å²) in [5.41, 5.74) is 2.58. The Labute approximate surface area is 152 Å². The van der Waals surface area contributed by atoms with E-state index in [0.29, 0.717) is 18.6 Å². The minimum atomic E-state index is -0.330. The Hall–Kier alpha value is -2.27. The number of amides is 1. The minimum Gasteiger partial charge on any atom is -0.461 e. The van der Waals surface area contributed by atoms with E-state index in [4.69, 9.17) is 4.74 Å². The Bertz CT molecular complexity index is 741. The van der Waals surface area contributed by atoms with Crippen molar-refractivity contribution in [3.8, 4) is 0 Å². The van der Waals surface area contributed by atoms with Gasteiger partial charge in [-0.25, -0.2) is 4.79 Å². The fourth-order valence-corrected chi connectivity index (χ4v) is 3.44. The van der Waals surface area contributed by atoms with Gasteiger partial charge in [0.15, 0.2) is 0 Å². The molecular formula is C20H21NO3S. The predicted molar refractivity (Wildman–Crippen MR) is 100 cm³/mol. The average Bonchev–Trinajstić information content (AvgIpc) is 3.06. The summed E-state index contributed by atoms with van der Waals surface area (Å²) in [5, 5.41) is 0. The topological polar surface area (TPSA) is 46.6 Å². The highest BCUT2D eigenvalue weighted by atomic mass is 32.2. The van der Waals surface area contributed by atoms with Gasteiger partial charge < -0.3 is 9.64 Å². The first-order chi connectivity index (χ1) is 12.1. The maximum Gasteiger partial charge on any atom is 0.338 e. The maximum atomic E-state index is 12.1. The second kappa shape index (κ2) is 8.21. The molecule has 130 valence electrons. The monoisotopic (exact) mass is 355 g/mol. The van der Waals surface area contributed by atoms with E-state index in [1.807, 2.05) is 0 Å². The molecule has 1 heterocycles. The normalized spacial score (nSPS) is 14.0. The van der Waals surface area contributed by atoms with Crippen LogP contribution in [-0.4, -0.2) is 30.8 Å². The van der Waals surface area contributed by atoms with Crippen LogP contribution in [0.25, 0.3) is 0 Å². The van der Waals surface area contributed by atoms with Crippen molar-refractivity contribution < 1.29 is 14.3 Å². The van der Waals surface area contributed by atoms with Gasteiger partial charge in [0.2, 0.25) is 5.91 Å². The molecule has 0 aromatic heterocycles. The lowest BCUT2D eigenvalue weighted by Crippen LogP contribution is -2.23. The number of rotatable bonds is 6. The van der Waals surface area contributed by atoms with Gasteiger partial charge in [-0.15, -0.1) is 11.8 Å². The lowest BCUT2D eigenvalue weighted by Gasteiger charge is -2.15. The third kappa shape index (κ3) is 4.63. The average molecular weight is 355 g/mol. The fourth-order valence-electron chi connectivity index (χ4n) is 2.71. The van der Waals surface area contributed by atoms with Crippen molar-refractivity contribution in [2.24, 2.45) is 0 Å². The summed E-state index contributed by atoms with van der Waals surface area (Å²) in [4.78, 5) is 26.7. The first-order valence-electron chi connectivity index (χ1n) is 8.40. The smallest absolute Gasteiger partial charge is 0.338 e. The third-order valence-corrected chi connectivity index (χ3v) is 5.07. The quantitative estimate of drug-likeness (QED) is 0.445. The van der Waals surface area contributed by atoms with Crippen LogP contribution in [0.15, 0.2) is 53.4 Å². The molecule has 0 N–H and O–H groups in total. The number of benzene rings is 2. The molecule has 25 heavy (non-hydrogen) atoms. The molecule has 1 fully saturated rings. The van der Waals surface area contributed by atoms with Gasteiger partial charge in [-0.2, -0.15) is 0 Å². The number of anilines is 1. The number of esters is 1. The van der Waals surface area contributed by atoms with Crippen molar-refractivity contribution >= 4 is 29.3 Å². The Balaban J connectivity index is 1.46. The molecule has 0 atom stereocenters. The lowest BCUT2D eigenvalue weighted by molar-refractivity contribution is -0.117. The first kappa shape index (κ1) is 17.5. The number of thioether (sulfide) groups is 1. The van der Waals surface area contributed by atoms with Crippen LogP contribution in [0, 0.1) is 6.92 Å². The second-order valence-electron chi connectivity index (χ2n) is 5.99. The molecule has 3 rings (SSSR count). The lowest BCUT2D eigenvalue weighted by atomic mass is 10.2. The molecule has 1 saturated heterocycles. The highest BCUT2D eigenvalue weighted by molar-refractivity contribution is 7.99. The molecule has 0 bridgehead atoms. The second-order valence-corrected chi connectivity index (χ2v) is 7.16. The van der Waals surface area contributed by atoms with Crippen molar-refractivity contribution in [3.05, 3.63) is 59.7 Å². The van der Waals surface area contributed by atoms with Crippen LogP contribution >= 0.6 is 11.8 Å². The highest BCUT2D eigenvalue weighted by Gasteiger charge is 2.21. The third-order valence-electron chi connectivity index (χ3n) is 4.09. The molecule has 4 nitrogen and oxygen atoms in total. The molecule has 0 aliphatic carbocycles. The maximum absolute atomic E-state index is 12.1. The molecule has 0 spiro atoms. The van der Waals surface area contributed by atoms with E-state index in [-0.39, 0.29) is 11.9 Å². The molecule has 1 aliphatic rings. The van der Waals surface area contributed by atoms with Crippen molar-refractivity contribution in [3.63, 3.8) is 0 Å². The van der Waals surface area contributed by atoms with Gasteiger partial charge in [-0.05, 0) is 49.7 Å². The van der Waals surface area contributed by atoms with Crippen LogP contribution in [-0.2, 0) is 9.53 Å². The summed E-state index contributed by atoms with van der Waals surface area (Å²) < 4.78 is 5.32. The number of nitrogens with zero attached hydrogens (tertiary/aromatic N) is 1. The number of hydrogen-bond acceptors (Lipinski definition) is 4. The van der Waals surface area contributed by atoms with E-state index in [1.54, 1.807) is 40.9 Å². The number of carbonyl (C=O) groups is 2. The summed E-state index contributed by atoms with van der Waals surface area (Å²) in [6, 6.07) is 15.3. The standard InChI is InChI=1S/C20H21NO3S/c1-15-4-10-18(11-5-15)25-14-13-24-20(23)16-6-8-17(9-7-16)21-12-2-3-19(21)22/h4-11H,2-3,12-14H2,1H3. The first-order valence-corrected chi connectivity index (χ1v) is 9.39. The molecule has 5 heteroatoms. The summed E-state index contributed by atoms with van der Waals surface area (Å²) in [6.45, 7) is 3.17. The van der Waals surface area contributed by atoms with Gasteiger partial charge >= 0.3 is 5.97 Å². The van der Waals surface area contributed by atoms with Crippen molar-refractivity contribution in [2.75, 3.05) is 23.8 Å². The van der Waals surface area contributed by atoms with Crippen LogP contribution in [0.5, 0.6) is 0 Å². The van der Waals surface area contributed by atoms with Gasteiger partial charge in [-0.3, -0.25) is 4.79 Å². The molecule has 2 aromatic carbocycles. The number of ether oxygens (including phenoxy) is 1. The number of hydrogen-bond donors (Lipinski definition) is 0. The number of carbonyl (C=O) groups excluding carboxylic acids is 2. The van der Waals surface area contributed by atoms with E-state index in [0.717, 1.165) is 24.4 Å². The van der Waals surface area contributed by atoms with Gasteiger partial charge in [0.25, 0.3) is 0 Å². The number of aryl methyl sites for hydroxylation is 1. The van der Waals surface area contributed by atoms with Crippen molar-refractivity contribution in [1.29, 1.82) is 0 Å². The Kier molecular flexibility index (Phi) is 5.76. The van der Waals surface area contributed by atoms with E-state index in [2.05, 4.69) is 31.2 Å². The molecule has 0 radical (unpaired) electrons. The fraction of sp³-hybridized carbons (Fsp3) is 0.300. The van der Waals surface area contributed by atoms with E-state index in [1.165, 1.54) is 10.5 Å². The SMILES string of the molecule is Cc1ccc(SCCOC(=O)c2ccc(N3CCCC3=O)cc2)cc1. The van der Waals surface area contributed by atoms with Gasteiger partial charge in [0.1, 0.15) is 6.61 Å². The zero-order chi connectivity index (χ0) is 17.6. The summed E-state index contributed by atoms with van der Waals surface area (Å²) >= 11 is 1.66. The van der Waals surface area contributed by atoms with Crippen LogP contribution in [0.3, 0.4) is 0 Å². The summed E-state index contributed by atoms with van der Waals surface area (Å²) in [5.74, 6) is 0.530. The van der Waals surface area contributed by atoms with Gasteiger partial charge in [0.05, 0.1) is 5.56 Å². The van der Waals surface area contributed by atoms with E-state index in [9.17, 15) is 9.59 Å². The Morgan fingerprint density at radius 3 is 2.48 bits per heavy atom. The van der Waals surface area contributed by atoms with Crippen LogP contribution in [0.4, 0.5) is 5.69 Å². The van der Waals surface area contributed by atoms with Crippen molar-refractivity contribution in [1.82, 2.24) is 0 Å². The molecule has 1 aliphatic heterocycles. The zero-order valence-corrected chi connectivity index (χ0v) is 15.1. The largest absolute Gasteiger partial charge is 0.461 e. The zero-order valence-electron chi connectivity index (χ0n) is 14.2. The van der Waals surface area contributed by atoms with Crippen molar-refractivity contribution in [2.45, 2.75) is 24.7 Å². The highest BCUT2D eigenvalue weighted by Crippen LogP contribution is 2.22. The molecule has 2 aromatic rings.